The van der Waals surface area contributed by atoms with Gasteiger partial charge in [0.2, 0.25) is 5.91 Å². The smallest absolute Gasteiger partial charge is 0.220 e. The fourth-order valence-corrected chi connectivity index (χ4v) is 4.68. The Morgan fingerprint density at radius 1 is 1.19 bits per heavy atom. The van der Waals surface area contributed by atoms with E-state index < -0.39 is 29.8 Å². The standard InChI is InChI=1S/C20H25NO4S2/c1-2-5-16(22)21-17-19(24)18(23)15(11-26)25-20(17)27-14-9-8-12-6-3-4-7-13(12)10-14/h3-4,6-10,15,17-20,23-24,26H,2,5,11H2,1H3,(H,21,22)/t15-,17-,18-,19-,20+/m1/s1. The number of thioether (sulfide) groups is 1. The molecule has 7 heteroatoms. The van der Waals surface area contributed by atoms with Gasteiger partial charge in [0, 0.05) is 17.1 Å². The average molecular weight is 408 g/mol. The molecule has 0 unspecified atom stereocenters. The van der Waals surface area contributed by atoms with Crippen molar-refractivity contribution in [2.24, 2.45) is 0 Å². The Bertz CT molecular complexity index is 787. The molecule has 2 aromatic rings. The Labute approximate surface area is 168 Å². The molecule has 1 fully saturated rings. The van der Waals surface area contributed by atoms with Gasteiger partial charge in [0.1, 0.15) is 17.6 Å². The fourth-order valence-electron chi connectivity index (χ4n) is 3.20. The van der Waals surface area contributed by atoms with Crippen molar-refractivity contribution in [3.8, 4) is 0 Å². The summed E-state index contributed by atoms with van der Waals surface area (Å²) < 4.78 is 5.99. The average Bonchev–Trinajstić information content (AvgIpc) is 2.67. The third kappa shape index (κ3) is 4.78. The molecule has 1 aliphatic rings. The van der Waals surface area contributed by atoms with Crippen LogP contribution in [0.25, 0.3) is 10.8 Å². The van der Waals surface area contributed by atoms with Gasteiger partial charge in [-0.3, -0.25) is 4.79 Å². The fraction of sp³-hybridized carbons (Fsp3) is 0.450. The summed E-state index contributed by atoms with van der Waals surface area (Å²) in [5, 5.41) is 26.0. The summed E-state index contributed by atoms with van der Waals surface area (Å²) in [5.74, 6) is 0.119. The van der Waals surface area contributed by atoms with Crippen LogP contribution in [0.4, 0.5) is 0 Å². The molecule has 0 spiro atoms. The first-order valence-corrected chi connectivity index (χ1v) is 10.6. The van der Waals surface area contributed by atoms with Crippen molar-refractivity contribution in [3.05, 3.63) is 42.5 Å². The van der Waals surface area contributed by atoms with Crippen LogP contribution >= 0.6 is 24.4 Å². The van der Waals surface area contributed by atoms with Crippen LogP contribution in [0.1, 0.15) is 19.8 Å². The number of nitrogens with one attached hydrogen (secondary N) is 1. The maximum atomic E-state index is 12.1. The number of aliphatic hydroxyl groups excluding tert-OH is 2. The lowest BCUT2D eigenvalue weighted by molar-refractivity contribution is -0.157. The van der Waals surface area contributed by atoms with E-state index in [4.69, 9.17) is 4.74 Å². The maximum absolute atomic E-state index is 12.1. The topological polar surface area (TPSA) is 78.8 Å². The quantitative estimate of drug-likeness (QED) is 0.554. The van der Waals surface area contributed by atoms with E-state index >= 15 is 0 Å². The zero-order valence-corrected chi connectivity index (χ0v) is 16.8. The van der Waals surface area contributed by atoms with Gasteiger partial charge in [0.05, 0.1) is 12.1 Å². The number of hydrogen-bond acceptors (Lipinski definition) is 6. The molecule has 1 aliphatic heterocycles. The van der Waals surface area contributed by atoms with Gasteiger partial charge in [-0.05, 0) is 29.3 Å². The molecule has 3 N–H and O–H groups in total. The zero-order chi connectivity index (χ0) is 19.4. The lowest BCUT2D eigenvalue weighted by atomic mass is 9.98. The SMILES string of the molecule is CCCC(=O)N[C@@H]1[C@@H](O)[C@H](O)[C@@H](CS)O[C@H]1Sc1ccc2ccccc2c1. The molecule has 0 saturated carbocycles. The molecule has 5 atom stereocenters. The summed E-state index contributed by atoms with van der Waals surface area (Å²) in [7, 11) is 0. The van der Waals surface area contributed by atoms with Crippen molar-refractivity contribution in [2.45, 2.75) is 54.5 Å². The molecule has 1 saturated heterocycles. The van der Waals surface area contributed by atoms with Crippen LogP contribution in [0.3, 0.4) is 0 Å². The van der Waals surface area contributed by atoms with Crippen LogP contribution in [0, 0.1) is 0 Å². The van der Waals surface area contributed by atoms with Crippen molar-refractivity contribution < 1.29 is 19.7 Å². The Hall–Kier alpha value is -1.25. The number of fused-ring (bicyclic) bond motifs is 1. The van der Waals surface area contributed by atoms with Crippen LogP contribution in [0.2, 0.25) is 0 Å². The van der Waals surface area contributed by atoms with Gasteiger partial charge in [0.25, 0.3) is 0 Å². The predicted molar refractivity (Wildman–Crippen MR) is 111 cm³/mol. The van der Waals surface area contributed by atoms with Gasteiger partial charge < -0.3 is 20.3 Å². The number of aliphatic hydroxyl groups is 2. The largest absolute Gasteiger partial charge is 0.388 e. The number of thiol groups is 1. The van der Waals surface area contributed by atoms with E-state index in [1.165, 1.54) is 11.8 Å². The molecule has 5 nitrogen and oxygen atoms in total. The van der Waals surface area contributed by atoms with Crippen molar-refractivity contribution in [1.82, 2.24) is 5.32 Å². The first-order chi connectivity index (χ1) is 13.0. The van der Waals surface area contributed by atoms with E-state index in [-0.39, 0.29) is 11.7 Å². The molecule has 0 aliphatic carbocycles. The van der Waals surface area contributed by atoms with E-state index in [1.807, 2.05) is 43.3 Å². The van der Waals surface area contributed by atoms with Gasteiger partial charge in [-0.25, -0.2) is 0 Å². The molecule has 3 rings (SSSR count). The van der Waals surface area contributed by atoms with Crippen molar-refractivity contribution in [3.63, 3.8) is 0 Å². The summed E-state index contributed by atoms with van der Waals surface area (Å²) in [6.07, 6.45) is -1.74. The molecule has 1 amide bonds. The maximum Gasteiger partial charge on any atom is 0.220 e. The summed E-state index contributed by atoms with van der Waals surface area (Å²) >= 11 is 5.65. The number of rotatable bonds is 6. The van der Waals surface area contributed by atoms with Gasteiger partial charge >= 0.3 is 0 Å². The zero-order valence-electron chi connectivity index (χ0n) is 15.1. The first-order valence-electron chi connectivity index (χ1n) is 9.10. The van der Waals surface area contributed by atoms with E-state index in [2.05, 4.69) is 24.0 Å². The molecule has 146 valence electrons. The minimum Gasteiger partial charge on any atom is -0.388 e. The molecule has 27 heavy (non-hydrogen) atoms. The van der Waals surface area contributed by atoms with Crippen LogP contribution in [-0.2, 0) is 9.53 Å². The number of ether oxygens (including phenoxy) is 1. The highest BCUT2D eigenvalue weighted by molar-refractivity contribution is 7.99. The van der Waals surface area contributed by atoms with Gasteiger partial charge in [-0.2, -0.15) is 12.6 Å². The minimum atomic E-state index is -1.12. The first kappa shape index (κ1) is 20.5. The summed E-state index contributed by atoms with van der Waals surface area (Å²) in [5.41, 5.74) is -0.525. The number of carbonyl (C=O) groups excluding carboxylic acids is 1. The summed E-state index contributed by atoms with van der Waals surface area (Å²) in [6.45, 7) is 1.92. The Balaban J connectivity index is 1.83. The summed E-state index contributed by atoms with van der Waals surface area (Å²) in [4.78, 5) is 13.1. The minimum absolute atomic E-state index is 0.161. The monoisotopic (exact) mass is 407 g/mol. The second-order valence-electron chi connectivity index (χ2n) is 6.68. The number of carbonyl (C=O) groups is 1. The predicted octanol–water partition coefficient (Wildman–Crippen LogP) is 2.59. The number of amides is 1. The van der Waals surface area contributed by atoms with Crippen LogP contribution in [-0.4, -0.2) is 51.7 Å². The lowest BCUT2D eigenvalue weighted by Crippen LogP contribution is -2.63. The Morgan fingerprint density at radius 2 is 1.93 bits per heavy atom. The van der Waals surface area contributed by atoms with E-state index in [1.54, 1.807) is 0 Å². The number of benzene rings is 2. The Kier molecular flexibility index (Phi) is 7.05. The molecule has 0 aromatic heterocycles. The summed E-state index contributed by atoms with van der Waals surface area (Å²) in [6, 6.07) is 13.4. The van der Waals surface area contributed by atoms with Crippen molar-refractivity contribution in [1.29, 1.82) is 0 Å². The molecular formula is C20H25NO4S2. The highest BCUT2D eigenvalue weighted by Crippen LogP contribution is 2.35. The van der Waals surface area contributed by atoms with Crippen LogP contribution in [0.5, 0.6) is 0 Å². The second kappa shape index (κ2) is 9.30. The highest BCUT2D eigenvalue weighted by atomic mass is 32.2. The van der Waals surface area contributed by atoms with Gasteiger partial charge in [-0.15, -0.1) is 0 Å². The normalized spacial score (nSPS) is 28.2. The molecule has 1 heterocycles. The Morgan fingerprint density at radius 3 is 2.63 bits per heavy atom. The van der Waals surface area contributed by atoms with Gasteiger partial charge in [-0.1, -0.05) is 49.0 Å². The lowest BCUT2D eigenvalue weighted by Gasteiger charge is -2.42. The third-order valence-corrected chi connectivity index (χ3v) is 6.18. The van der Waals surface area contributed by atoms with Crippen LogP contribution in [0.15, 0.2) is 47.4 Å². The van der Waals surface area contributed by atoms with E-state index in [0.717, 1.165) is 15.7 Å². The van der Waals surface area contributed by atoms with E-state index in [0.29, 0.717) is 12.8 Å². The van der Waals surface area contributed by atoms with Gasteiger partial charge in [0.15, 0.2) is 0 Å². The molecule has 2 aromatic carbocycles. The van der Waals surface area contributed by atoms with Crippen molar-refractivity contribution in [2.75, 3.05) is 5.75 Å². The van der Waals surface area contributed by atoms with Crippen molar-refractivity contribution >= 4 is 41.1 Å². The molecule has 0 bridgehead atoms. The highest BCUT2D eigenvalue weighted by Gasteiger charge is 2.44. The third-order valence-electron chi connectivity index (χ3n) is 4.66. The van der Waals surface area contributed by atoms with E-state index in [9.17, 15) is 15.0 Å². The second-order valence-corrected chi connectivity index (χ2v) is 8.21. The molecule has 0 radical (unpaired) electrons. The molecular weight excluding hydrogens is 382 g/mol. The number of hydrogen-bond donors (Lipinski definition) is 4. The van der Waals surface area contributed by atoms with Crippen LogP contribution < -0.4 is 5.32 Å².